The topological polar surface area (TPSA) is 42.2 Å². The highest BCUT2D eigenvalue weighted by molar-refractivity contribution is 5.09. The van der Waals surface area contributed by atoms with Gasteiger partial charge in [0.1, 0.15) is 0 Å². The molecule has 3 heteroatoms. The minimum absolute atomic E-state index is 0.331. The van der Waals surface area contributed by atoms with Gasteiger partial charge in [0.25, 0.3) is 0 Å². The van der Waals surface area contributed by atoms with Gasteiger partial charge in [-0.15, -0.1) is 0 Å². The number of hydrogen-bond acceptors (Lipinski definition) is 3. The smallest absolute Gasteiger partial charge is 0.0271 e. The zero-order valence-corrected chi connectivity index (χ0v) is 11.4. The quantitative estimate of drug-likeness (QED) is 0.892. The molecular formula is C15H25N3. The third kappa shape index (κ3) is 3.79. The van der Waals surface area contributed by atoms with Gasteiger partial charge in [-0.3, -0.25) is 9.88 Å². The Hall–Kier alpha value is -0.930. The van der Waals surface area contributed by atoms with Gasteiger partial charge in [0, 0.05) is 31.0 Å². The van der Waals surface area contributed by atoms with Crippen LogP contribution in [0.2, 0.25) is 0 Å². The van der Waals surface area contributed by atoms with Crippen molar-refractivity contribution in [3.05, 3.63) is 30.1 Å². The fraction of sp³-hybridized carbons (Fsp3) is 0.667. The number of pyridine rings is 1. The van der Waals surface area contributed by atoms with E-state index in [-0.39, 0.29) is 0 Å². The Morgan fingerprint density at radius 2 is 1.83 bits per heavy atom. The van der Waals surface area contributed by atoms with Gasteiger partial charge in [-0.1, -0.05) is 25.7 Å². The van der Waals surface area contributed by atoms with Crippen molar-refractivity contribution < 1.29 is 0 Å². The summed E-state index contributed by atoms with van der Waals surface area (Å²) in [6.07, 6.45) is 11.5. The molecule has 2 rings (SSSR count). The highest BCUT2D eigenvalue weighted by Crippen LogP contribution is 2.21. The van der Waals surface area contributed by atoms with Crippen LogP contribution in [0.1, 0.15) is 44.1 Å². The van der Waals surface area contributed by atoms with Crippen LogP contribution in [0, 0.1) is 0 Å². The molecule has 1 fully saturated rings. The van der Waals surface area contributed by atoms with E-state index in [0.29, 0.717) is 12.1 Å². The van der Waals surface area contributed by atoms with Crippen molar-refractivity contribution in [2.45, 2.75) is 57.2 Å². The van der Waals surface area contributed by atoms with Gasteiger partial charge in [0.15, 0.2) is 0 Å². The molecule has 0 radical (unpaired) electrons. The molecule has 0 spiro atoms. The lowest BCUT2D eigenvalue weighted by Gasteiger charge is -2.34. The van der Waals surface area contributed by atoms with E-state index < -0.39 is 0 Å². The molecule has 2 atom stereocenters. The molecule has 100 valence electrons. The van der Waals surface area contributed by atoms with Crippen LogP contribution < -0.4 is 5.73 Å². The number of nitrogens with zero attached hydrogens (tertiary/aromatic N) is 2. The first-order valence-electron chi connectivity index (χ1n) is 7.12. The normalized spacial score (nSPS) is 25.7. The van der Waals surface area contributed by atoms with E-state index in [1.54, 1.807) is 0 Å². The largest absolute Gasteiger partial charge is 0.326 e. The van der Waals surface area contributed by atoms with Gasteiger partial charge in [-0.05, 0) is 37.6 Å². The van der Waals surface area contributed by atoms with Crippen LogP contribution >= 0.6 is 0 Å². The minimum atomic E-state index is 0.331. The van der Waals surface area contributed by atoms with Crippen molar-refractivity contribution >= 4 is 0 Å². The standard InChI is InChI=1S/C15H25N3/c1-18(12-13-8-10-17-11-9-13)15-7-5-3-2-4-6-14(15)16/h8-11,14-15H,2-7,12,16H2,1H3. The van der Waals surface area contributed by atoms with Crippen molar-refractivity contribution in [2.75, 3.05) is 7.05 Å². The highest BCUT2D eigenvalue weighted by atomic mass is 15.1. The molecule has 0 amide bonds. The first-order chi connectivity index (χ1) is 8.77. The SMILES string of the molecule is CN(Cc1ccncc1)C1CCCCCCC1N. The molecule has 1 aromatic heterocycles. The van der Waals surface area contributed by atoms with Gasteiger partial charge in [-0.2, -0.15) is 0 Å². The summed E-state index contributed by atoms with van der Waals surface area (Å²) >= 11 is 0. The third-order valence-electron chi connectivity index (χ3n) is 4.03. The van der Waals surface area contributed by atoms with Gasteiger partial charge in [-0.25, -0.2) is 0 Å². The Morgan fingerprint density at radius 3 is 2.56 bits per heavy atom. The van der Waals surface area contributed by atoms with Gasteiger partial charge in [0.05, 0.1) is 0 Å². The van der Waals surface area contributed by atoms with Crippen LogP contribution in [0.4, 0.5) is 0 Å². The van der Waals surface area contributed by atoms with Crippen LogP contribution in [-0.2, 0) is 6.54 Å². The molecule has 0 saturated heterocycles. The summed E-state index contributed by atoms with van der Waals surface area (Å²) in [5.41, 5.74) is 7.67. The summed E-state index contributed by atoms with van der Waals surface area (Å²) in [6.45, 7) is 0.973. The summed E-state index contributed by atoms with van der Waals surface area (Å²) in [7, 11) is 2.20. The lowest BCUT2D eigenvalue weighted by molar-refractivity contribution is 0.174. The summed E-state index contributed by atoms with van der Waals surface area (Å²) in [5.74, 6) is 0. The monoisotopic (exact) mass is 247 g/mol. The van der Waals surface area contributed by atoms with Gasteiger partial charge >= 0.3 is 0 Å². The number of nitrogens with two attached hydrogens (primary N) is 1. The molecule has 1 saturated carbocycles. The van der Waals surface area contributed by atoms with E-state index in [1.807, 2.05) is 12.4 Å². The maximum Gasteiger partial charge on any atom is 0.0271 e. The second-order valence-electron chi connectivity index (χ2n) is 5.49. The summed E-state index contributed by atoms with van der Waals surface area (Å²) in [6, 6.07) is 5.03. The second kappa shape index (κ2) is 6.86. The molecule has 2 unspecified atom stereocenters. The zero-order chi connectivity index (χ0) is 12.8. The van der Waals surface area contributed by atoms with Gasteiger partial charge in [0.2, 0.25) is 0 Å². The molecule has 0 aromatic carbocycles. The number of likely N-dealkylation sites (N-methyl/N-ethyl adjacent to an activating group) is 1. The highest BCUT2D eigenvalue weighted by Gasteiger charge is 2.23. The van der Waals surface area contributed by atoms with Crippen molar-refractivity contribution in [2.24, 2.45) is 5.73 Å². The lowest BCUT2D eigenvalue weighted by atomic mass is 9.92. The number of rotatable bonds is 3. The van der Waals surface area contributed by atoms with Gasteiger partial charge < -0.3 is 5.73 Å². The van der Waals surface area contributed by atoms with E-state index in [9.17, 15) is 0 Å². The van der Waals surface area contributed by atoms with Crippen molar-refractivity contribution in [3.63, 3.8) is 0 Å². The molecule has 1 aromatic rings. The molecular weight excluding hydrogens is 222 g/mol. The minimum Gasteiger partial charge on any atom is -0.326 e. The molecule has 3 nitrogen and oxygen atoms in total. The third-order valence-corrected chi connectivity index (χ3v) is 4.03. The number of aromatic nitrogens is 1. The van der Waals surface area contributed by atoms with Crippen LogP contribution in [0.25, 0.3) is 0 Å². The van der Waals surface area contributed by atoms with Crippen molar-refractivity contribution in [1.82, 2.24) is 9.88 Å². The van der Waals surface area contributed by atoms with E-state index in [0.717, 1.165) is 6.54 Å². The summed E-state index contributed by atoms with van der Waals surface area (Å²) < 4.78 is 0. The maximum atomic E-state index is 6.35. The van der Waals surface area contributed by atoms with Crippen LogP contribution in [-0.4, -0.2) is 29.0 Å². The van der Waals surface area contributed by atoms with E-state index in [2.05, 4.69) is 29.1 Å². The van der Waals surface area contributed by atoms with Crippen LogP contribution in [0.5, 0.6) is 0 Å². The fourth-order valence-electron chi connectivity index (χ4n) is 2.93. The molecule has 1 aliphatic rings. The Balaban J connectivity index is 1.95. The van der Waals surface area contributed by atoms with E-state index >= 15 is 0 Å². The Morgan fingerprint density at radius 1 is 1.17 bits per heavy atom. The predicted molar refractivity (Wildman–Crippen MR) is 75.2 cm³/mol. The maximum absolute atomic E-state index is 6.35. The molecule has 2 N–H and O–H groups in total. The first kappa shape index (κ1) is 13.5. The zero-order valence-electron chi connectivity index (χ0n) is 11.4. The number of hydrogen-bond donors (Lipinski definition) is 1. The first-order valence-corrected chi connectivity index (χ1v) is 7.12. The van der Waals surface area contributed by atoms with E-state index in [1.165, 1.54) is 44.1 Å². The van der Waals surface area contributed by atoms with Crippen molar-refractivity contribution in [1.29, 1.82) is 0 Å². The Labute approximate surface area is 110 Å². The Kier molecular flexibility index (Phi) is 5.14. The average molecular weight is 247 g/mol. The summed E-state index contributed by atoms with van der Waals surface area (Å²) in [5, 5.41) is 0. The Bertz CT molecular complexity index is 339. The molecule has 1 heterocycles. The van der Waals surface area contributed by atoms with Crippen LogP contribution in [0.15, 0.2) is 24.5 Å². The molecule has 0 aliphatic heterocycles. The van der Waals surface area contributed by atoms with Crippen LogP contribution in [0.3, 0.4) is 0 Å². The predicted octanol–water partition coefficient (Wildman–Crippen LogP) is 2.56. The van der Waals surface area contributed by atoms with Crippen molar-refractivity contribution in [3.8, 4) is 0 Å². The average Bonchev–Trinajstić information content (AvgIpc) is 2.35. The molecule has 18 heavy (non-hydrogen) atoms. The summed E-state index contributed by atoms with van der Waals surface area (Å²) in [4.78, 5) is 6.49. The van der Waals surface area contributed by atoms with E-state index in [4.69, 9.17) is 5.73 Å². The lowest BCUT2D eigenvalue weighted by Crippen LogP contribution is -2.46. The second-order valence-corrected chi connectivity index (χ2v) is 5.49. The molecule has 1 aliphatic carbocycles. The molecule has 0 bridgehead atoms. The fourth-order valence-corrected chi connectivity index (χ4v) is 2.93.